The van der Waals surface area contributed by atoms with Gasteiger partial charge in [-0.15, -0.1) is 0 Å². The molecule has 0 aromatic carbocycles. The maximum Gasteiger partial charge on any atom is 0.0957 e. The van der Waals surface area contributed by atoms with Crippen molar-refractivity contribution in [3.8, 4) is 0 Å². The highest BCUT2D eigenvalue weighted by molar-refractivity contribution is 5.46. The first-order valence-electron chi connectivity index (χ1n) is 7.53. The van der Waals surface area contributed by atoms with Gasteiger partial charge in [0.1, 0.15) is 0 Å². The van der Waals surface area contributed by atoms with Crippen molar-refractivity contribution in [3.63, 3.8) is 0 Å². The first-order valence-corrected chi connectivity index (χ1v) is 7.53. The second kappa shape index (κ2) is 5.91. The zero-order valence-electron chi connectivity index (χ0n) is 12.4. The van der Waals surface area contributed by atoms with Gasteiger partial charge in [0, 0.05) is 13.1 Å². The molecule has 0 radical (unpaired) electrons. The van der Waals surface area contributed by atoms with Crippen LogP contribution in [-0.4, -0.2) is 23.2 Å². The summed E-state index contributed by atoms with van der Waals surface area (Å²) in [7, 11) is 0. The van der Waals surface area contributed by atoms with Crippen molar-refractivity contribution in [3.05, 3.63) is 24.0 Å². The van der Waals surface area contributed by atoms with Crippen molar-refractivity contribution in [1.82, 2.24) is 4.98 Å². The first kappa shape index (κ1) is 14.3. The van der Waals surface area contributed by atoms with Crippen LogP contribution in [0.4, 0.5) is 5.69 Å². The van der Waals surface area contributed by atoms with Crippen LogP contribution in [0.15, 0.2) is 18.3 Å². The summed E-state index contributed by atoms with van der Waals surface area (Å²) in [6.45, 7) is 8.83. The molecule has 1 N–H and O–H groups in total. The number of pyridine rings is 1. The van der Waals surface area contributed by atoms with Crippen LogP contribution in [0.1, 0.15) is 58.3 Å². The van der Waals surface area contributed by atoms with E-state index in [0.717, 1.165) is 18.8 Å². The van der Waals surface area contributed by atoms with Gasteiger partial charge in [-0.25, -0.2) is 0 Å². The molecule has 1 unspecified atom stereocenters. The summed E-state index contributed by atoms with van der Waals surface area (Å²) in [5, 5.41) is 9.77. The minimum atomic E-state index is -0.432. The molecule has 1 aliphatic rings. The molecular formula is C16H26N2O. The minimum Gasteiger partial charge on any atom is -0.387 e. The number of hydrogen-bond acceptors (Lipinski definition) is 3. The highest BCUT2D eigenvalue weighted by Crippen LogP contribution is 2.38. The Morgan fingerprint density at radius 1 is 1.32 bits per heavy atom. The lowest BCUT2D eigenvalue weighted by Gasteiger charge is -2.27. The van der Waals surface area contributed by atoms with Crippen LogP contribution >= 0.6 is 0 Å². The third-order valence-corrected chi connectivity index (χ3v) is 4.80. The summed E-state index contributed by atoms with van der Waals surface area (Å²) >= 11 is 0. The highest BCUT2D eigenvalue weighted by atomic mass is 16.3. The number of aliphatic hydroxyl groups is 1. The molecule has 1 aromatic rings. The largest absolute Gasteiger partial charge is 0.387 e. The van der Waals surface area contributed by atoms with Gasteiger partial charge in [0.05, 0.1) is 23.7 Å². The summed E-state index contributed by atoms with van der Waals surface area (Å²) < 4.78 is 0. The standard InChI is InChI=1S/C16H26N2O/c1-4-15(19)14-8-7-13(11-17-14)18-10-9-16(5-2,6-3)12-18/h7-8,11,15,19H,4-6,9-10,12H2,1-3H3. The molecule has 0 aliphatic carbocycles. The van der Waals surface area contributed by atoms with Crippen LogP contribution in [0.3, 0.4) is 0 Å². The Bertz CT molecular complexity index is 398. The Morgan fingerprint density at radius 3 is 2.53 bits per heavy atom. The van der Waals surface area contributed by atoms with E-state index in [1.165, 1.54) is 24.9 Å². The number of rotatable bonds is 5. The molecule has 3 nitrogen and oxygen atoms in total. The summed E-state index contributed by atoms with van der Waals surface area (Å²) in [5.74, 6) is 0. The highest BCUT2D eigenvalue weighted by Gasteiger charge is 2.34. The fourth-order valence-corrected chi connectivity index (χ4v) is 2.97. The lowest BCUT2D eigenvalue weighted by Crippen LogP contribution is -2.26. The van der Waals surface area contributed by atoms with Crippen molar-refractivity contribution in [2.24, 2.45) is 5.41 Å². The maximum atomic E-state index is 9.77. The van der Waals surface area contributed by atoms with Gasteiger partial charge in [0.2, 0.25) is 0 Å². The Morgan fingerprint density at radius 2 is 2.05 bits per heavy atom. The summed E-state index contributed by atoms with van der Waals surface area (Å²) in [4.78, 5) is 6.83. The first-order chi connectivity index (χ1) is 9.14. The van der Waals surface area contributed by atoms with Crippen molar-refractivity contribution >= 4 is 5.69 Å². The van der Waals surface area contributed by atoms with Gasteiger partial charge in [-0.1, -0.05) is 20.8 Å². The van der Waals surface area contributed by atoms with E-state index in [-0.39, 0.29) is 0 Å². The molecule has 0 saturated carbocycles. The van der Waals surface area contributed by atoms with Gasteiger partial charge in [0.25, 0.3) is 0 Å². The second-order valence-electron chi connectivity index (χ2n) is 5.74. The minimum absolute atomic E-state index is 0.432. The number of hydrogen-bond donors (Lipinski definition) is 1. The molecular weight excluding hydrogens is 236 g/mol. The molecule has 0 spiro atoms. The molecule has 106 valence electrons. The fraction of sp³-hybridized carbons (Fsp3) is 0.688. The smallest absolute Gasteiger partial charge is 0.0957 e. The number of aliphatic hydroxyl groups excluding tert-OH is 1. The molecule has 1 saturated heterocycles. The predicted molar refractivity (Wildman–Crippen MR) is 79.3 cm³/mol. The van der Waals surface area contributed by atoms with E-state index in [9.17, 15) is 5.11 Å². The molecule has 2 rings (SSSR count). The van der Waals surface area contributed by atoms with E-state index in [1.807, 2.05) is 19.2 Å². The Hall–Kier alpha value is -1.09. The topological polar surface area (TPSA) is 36.4 Å². The quantitative estimate of drug-likeness (QED) is 0.881. The molecule has 2 heterocycles. The fourth-order valence-electron chi connectivity index (χ4n) is 2.97. The van der Waals surface area contributed by atoms with E-state index in [2.05, 4.69) is 29.8 Å². The molecule has 1 atom stereocenters. The van der Waals surface area contributed by atoms with Gasteiger partial charge < -0.3 is 10.0 Å². The zero-order chi connectivity index (χ0) is 13.9. The summed E-state index contributed by atoms with van der Waals surface area (Å²) in [6, 6.07) is 4.06. The lowest BCUT2D eigenvalue weighted by molar-refractivity contribution is 0.169. The van der Waals surface area contributed by atoms with Gasteiger partial charge >= 0.3 is 0 Å². The lowest BCUT2D eigenvalue weighted by atomic mass is 9.82. The second-order valence-corrected chi connectivity index (χ2v) is 5.74. The van der Waals surface area contributed by atoms with Gasteiger partial charge in [-0.2, -0.15) is 0 Å². The van der Waals surface area contributed by atoms with Crippen molar-refractivity contribution in [2.45, 2.75) is 52.6 Å². The number of nitrogens with zero attached hydrogens (tertiary/aromatic N) is 2. The van der Waals surface area contributed by atoms with Crippen LogP contribution in [0.2, 0.25) is 0 Å². The summed E-state index contributed by atoms with van der Waals surface area (Å²) in [6.07, 6.45) is 5.97. The molecule has 0 amide bonds. The molecule has 0 bridgehead atoms. The monoisotopic (exact) mass is 262 g/mol. The van der Waals surface area contributed by atoms with Crippen molar-refractivity contribution in [1.29, 1.82) is 0 Å². The third kappa shape index (κ3) is 2.92. The Balaban J connectivity index is 2.08. The van der Waals surface area contributed by atoms with Gasteiger partial charge in [-0.05, 0) is 43.2 Å². The van der Waals surface area contributed by atoms with E-state index in [4.69, 9.17) is 0 Å². The van der Waals surface area contributed by atoms with Crippen LogP contribution in [0.25, 0.3) is 0 Å². The van der Waals surface area contributed by atoms with E-state index in [0.29, 0.717) is 11.8 Å². The average molecular weight is 262 g/mol. The van der Waals surface area contributed by atoms with Crippen LogP contribution in [0.5, 0.6) is 0 Å². The Kier molecular flexibility index (Phi) is 4.46. The molecule has 1 aromatic heterocycles. The molecule has 1 fully saturated rings. The van der Waals surface area contributed by atoms with Gasteiger partial charge in [-0.3, -0.25) is 4.98 Å². The predicted octanol–water partition coefficient (Wildman–Crippen LogP) is 3.54. The zero-order valence-corrected chi connectivity index (χ0v) is 12.4. The Labute approximate surface area is 116 Å². The van der Waals surface area contributed by atoms with Crippen LogP contribution in [-0.2, 0) is 0 Å². The van der Waals surface area contributed by atoms with Crippen LogP contribution in [0, 0.1) is 5.41 Å². The molecule has 1 aliphatic heterocycles. The SMILES string of the molecule is CCC(O)c1ccc(N2CCC(CC)(CC)C2)cn1. The summed E-state index contributed by atoms with van der Waals surface area (Å²) in [5.41, 5.74) is 2.46. The van der Waals surface area contributed by atoms with Crippen molar-refractivity contribution < 1.29 is 5.11 Å². The maximum absolute atomic E-state index is 9.77. The normalized spacial score (nSPS) is 19.7. The van der Waals surface area contributed by atoms with Crippen LogP contribution < -0.4 is 4.90 Å². The average Bonchev–Trinajstić information content (AvgIpc) is 2.92. The van der Waals surface area contributed by atoms with E-state index < -0.39 is 6.10 Å². The third-order valence-electron chi connectivity index (χ3n) is 4.80. The molecule has 3 heteroatoms. The molecule has 19 heavy (non-hydrogen) atoms. The van der Waals surface area contributed by atoms with E-state index >= 15 is 0 Å². The number of anilines is 1. The van der Waals surface area contributed by atoms with Gasteiger partial charge in [0.15, 0.2) is 0 Å². The van der Waals surface area contributed by atoms with Crippen molar-refractivity contribution in [2.75, 3.05) is 18.0 Å². The number of aromatic nitrogens is 1. The van der Waals surface area contributed by atoms with E-state index in [1.54, 1.807) is 0 Å².